The molecule has 1 heterocycles. The summed E-state index contributed by atoms with van der Waals surface area (Å²) < 4.78 is 11.5. The van der Waals surface area contributed by atoms with Gasteiger partial charge >= 0.3 is 0 Å². The number of aromatic nitrogens is 1. The summed E-state index contributed by atoms with van der Waals surface area (Å²) >= 11 is 1.37. The smallest absolute Gasteiger partial charge is 0.0655 e. The predicted octanol–water partition coefficient (Wildman–Crippen LogP) is 2.81. The highest BCUT2D eigenvalue weighted by atomic mass is 32.1. The van der Waals surface area contributed by atoms with E-state index in [4.69, 9.17) is 1.37 Å². The van der Waals surface area contributed by atoms with Gasteiger partial charge in [0.05, 0.1) is 6.25 Å². The third-order valence-electron chi connectivity index (χ3n) is 1.43. The minimum absolute atomic E-state index is 0.506. The lowest BCUT2D eigenvalue weighted by atomic mass is 10.2. The normalized spacial score (nSPS) is 11.1. The van der Waals surface area contributed by atoms with E-state index in [1.165, 1.54) is 11.5 Å². The molecule has 0 aliphatic rings. The number of rotatable bonds is 1. The molecule has 11 heavy (non-hydrogen) atoms. The molecule has 0 aliphatic carbocycles. The summed E-state index contributed by atoms with van der Waals surface area (Å²) in [5.41, 5.74) is 1.07. The van der Waals surface area contributed by atoms with E-state index in [0.717, 1.165) is 10.4 Å². The highest BCUT2D eigenvalue weighted by Gasteiger charge is 1.95. The van der Waals surface area contributed by atoms with Gasteiger partial charge in [-0.3, -0.25) is 0 Å². The van der Waals surface area contributed by atoms with Gasteiger partial charge in [-0.05, 0) is 23.1 Å². The van der Waals surface area contributed by atoms with Gasteiger partial charge in [0, 0.05) is 6.20 Å². The van der Waals surface area contributed by atoms with Gasteiger partial charge in [0.25, 0.3) is 0 Å². The van der Waals surface area contributed by atoms with E-state index < -0.39 is 0 Å². The molecule has 1 aromatic heterocycles. The second kappa shape index (κ2) is 2.84. The Morgan fingerprint density at radius 1 is 1.27 bits per heavy atom. The standard InChI is InChI=1S/C9H7NS/c1-2-4-8(5-3-1)9-6-7-10-11-9/h1-7H/i6D. The summed E-state index contributed by atoms with van der Waals surface area (Å²) in [6.45, 7) is 0. The van der Waals surface area contributed by atoms with Crippen molar-refractivity contribution in [2.45, 2.75) is 0 Å². The molecule has 0 fully saturated rings. The fourth-order valence-corrected chi connectivity index (χ4v) is 1.47. The lowest BCUT2D eigenvalue weighted by Crippen LogP contribution is -1.67. The van der Waals surface area contributed by atoms with Crippen molar-refractivity contribution in [3.8, 4) is 10.4 Å². The molecule has 0 amide bonds. The zero-order chi connectivity index (χ0) is 8.39. The average Bonchev–Trinajstić information content (AvgIpc) is 2.53. The second-order valence-electron chi connectivity index (χ2n) is 2.17. The Balaban J connectivity index is 2.51. The fourth-order valence-electron chi connectivity index (χ4n) is 0.916. The Bertz CT molecular complexity index is 369. The molecule has 0 aliphatic heterocycles. The van der Waals surface area contributed by atoms with Crippen molar-refractivity contribution >= 4 is 11.5 Å². The molecule has 2 aromatic rings. The van der Waals surface area contributed by atoms with Crippen LogP contribution in [0.5, 0.6) is 0 Å². The third kappa shape index (κ3) is 1.30. The third-order valence-corrected chi connectivity index (χ3v) is 2.18. The monoisotopic (exact) mass is 162 g/mol. The van der Waals surface area contributed by atoms with Gasteiger partial charge in [-0.15, -0.1) is 0 Å². The minimum Gasteiger partial charge on any atom is -0.201 e. The molecule has 1 nitrogen and oxygen atoms in total. The second-order valence-corrected chi connectivity index (χ2v) is 2.97. The Morgan fingerprint density at radius 2 is 2.09 bits per heavy atom. The van der Waals surface area contributed by atoms with Crippen LogP contribution in [0.3, 0.4) is 0 Å². The first-order valence-electron chi connectivity index (χ1n) is 3.84. The lowest BCUT2D eigenvalue weighted by Gasteiger charge is -1.92. The van der Waals surface area contributed by atoms with E-state index in [2.05, 4.69) is 4.37 Å². The van der Waals surface area contributed by atoms with Crippen LogP contribution in [0.4, 0.5) is 0 Å². The van der Waals surface area contributed by atoms with Gasteiger partial charge in [-0.1, -0.05) is 30.3 Å². The van der Waals surface area contributed by atoms with Crippen LogP contribution in [0.1, 0.15) is 1.37 Å². The maximum Gasteiger partial charge on any atom is 0.0655 e. The van der Waals surface area contributed by atoms with Gasteiger partial charge in [-0.25, -0.2) is 4.37 Å². The van der Waals surface area contributed by atoms with E-state index in [0.29, 0.717) is 6.04 Å². The van der Waals surface area contributed by atoms with E-state index >= 15 is 0 Å². The van der Waals surface area contributed by atoms with Crippen LogP contribution in [0, 0.1) is 0 Å². The van der Waals surface area contributed by atoms with Crippen LogP contribution in [0.15, 0.2) is 42.6 Å². The van der Waals surface area contributed by atoms with Crippen LogP contribution < -0.4 is 0 Å². The number of nitrogens with zero attached hydrogens (tertiary/aromatic N) is 1. The van der Waals surface area contributed by atoms with Gasteiger partial charge in [0.2, 0.25) is 0 Å². The summed E-state index contributed by atoms with van der Waals surface area (Å²) in [5, 5.41) is 0. The van der Waals surface area contributed by atoms with E-state index in [9.17, 15) is 0 Å². The summed E-state index contributed by atoms with van der Waals surface area (Å²) in [7, 11) is 0. The Hall–Kier alpha value is -1.15. The molecular weight excluding hydrogens is 154 g/mol. The summed E-state index contributed by atoms with van der Waals surface area (Å²) in [6, 6.07) is 10.4. The zero-order valence-corrected chi connectivity index (χ0v) is 6.64. The topological polar surface area (TPSA) is 12.9 Å². The number of hydrogen-bond donors (Lipinski definition) is 0. The molecule has 2 heteroatoms. The van der Waals surface area contributed by atoms with E-state index in [1.54, 1.807) is 6.20 Å². The van der Waals surface area contributed by atoms with Gasteiger partial charge < -0.3 is 0 Å². The van der Waals surface area contributed by atoms with Gasteiger partial charge in [0.15, 0.2) is 0 Å². The summed E-state index contributed by atoms with van der Waals surface area (Å²) in [6.07, 6.45) is 1.58. The molecule has 0 spiro atoms. The molecule has 2 rings (SSSR count). The van der Waals surface area contributed by atoms with Crippen LogP contribution >= 0.6 is 11.5 Å². The lowest BCUT2D eigenvalue weighted by molar-refractivity contribution is 1.58. The van der Waals surface area contributed by atoms with Crippen molar-refractivity contribution in [2.75, 3.05) is 0 Å². The molecule has 0 unspecified atom stereocenters. The van der Waals surface area contributed by atoms with Crippen molar-refractivity contribution in [3.05, 3.63) is 42.6 Å². The first-order chi connectivity index (χ1) is 5.88. The van der Waals surface area contributed by atoms with Gasteiger partial charge in [-0.2, -0.15) is 0 Å². The molecule has 0 radical (unpaired) electrons. The Kier molecular flexibility index (Phi) is 1.42. The van der Waals surface area contributed by atoms with Crippen molar-refractivity contribution in [1.29, 1.82) is 0 Å². The molecule has 54 valence electrons. The van der Waals surface area contributed by atoms with E-state index in [1.807, 2.05) is 30.3 Å². The van der Waals surface area contributed by atoms with Crippen LogP contribution in [-0.2, 0) is 0 Å². The first-order valence-corrected chi connectivity index (χ1v) is 4.12. The largest absolute Gasteiger partial charge is 0.201 e. The number of hydrogen-bond acceptors (Lipinski definition) is 2. The minimum atomic E-state index is 0.506. The zero-order valence-electron chi connectivity index (χ0n) is 6.82. The van der Waals surface area contributed by atoms with Crippen molar-refractivity contribution < 1.29 is 1.37 Å². The molecule has 1 aromatic carbocycles. The predicted molar refractivity (Wildman–Crippen MR) is 47.6 cm³/mol. The van der Waals surface area contributed by atoms with Crippen molar-refractivity contribution in [3.63, 3.8) is 0 Å². The van der Waals surface area contributed by atoms with Crippen LogP contribution in [0.25, 0.3) is 10.4 Å². The van der Waals surface area contributed by atoms with Gasteiger partial charge in [0.1, 0.15) is 0 Å². The number of benzene rings is 1. The van der Waals surface area contributed by atoms with Crippen LogP contribution in [0.2, 0.25) is 0 Å². The highest BCUT2D eigenvalue weighted by molar-refractivity contribution is 7.09. The molecule has 0 N–H and O–H groups in total. The van der Waals surface area contributed by atoms with E-state index in [-0.39, 0.29) is 0 Å². The quantitative estimate of drug-likeness (QED) is 0.628. The SMILES string of the molecule is [2H]c1cnsc1-c1ccccc1. The summed E-state index contributed by atoms with van der Waals surface area (Å²) in [5.74, 6) is 0. The Morgan fingerprint density at radius 3 is 2.73 bits per heavy atom. The molecule has 0 atom stereocenters. The van der Waals surface area contributed by atoms with Crippen LogP contribution in [-0.4, -0.2) is 4.37 Å². The average molecular weight is 162 g/mol. The maximum absolute atomic E-state index is 7.54. The molecular formula is C9H7NS. The highest BCUT2D eigenvalue weighted by Crippen LogP contribution is 2.21. The first kappa shape index (κ1) is 5.49. The Labute approximate surface area is 70.9 Å². The van der Waals surface area contributed by atoms with Crippen molar-refractivity contribution in [1.82, 2.24) is 4.37 Å². The maximum atomic E-state index is 7.54. The molecule has 0 saturated heterocycles. The molecule has 0 saturated carbocycles. The van der Waals surface area contributed by atoms with Crippen molar-refractivity contribution in [2.24, 2.45) is 0 Å². The fraction of sp³-hybridized carbons (Fsp3) is 0. The molecule has 0 bridgehead atoms. The summed E-state index contributed by atoms with van der Waals surface area (Å²) in [4.78, 5) is 0.940.